The number of aryl methyl sites for hydroxylation is 1. The molecule has 0 radical (unpaired) electrons. The molecule has 2 N–H and O–H groups in total. The summed E-state index contributed by atoms with van der Waals surface area (Å²) in [6.07, 6.45) is 0. The van der Waals surface area contributed by atoms with Gasteiger partial charge in [0.15, 0.2) is 0 Å². The smallest absolute Gasteiger partial charge is 0.325 e. The Hall–Kier alpha value is -1.62. The van der Waals surface area contributed by atoms with Gasteiger partial charge in [-0.25, -0.2) is 0 Å². The molecule has 4 nitrogen and oxygen atoms in total. The minimum Gasteiger partial charge on any atom is -0.468 e. The lowest BCUT2D eigenvalue weighted by atomic mass is 10.1. The number of carbonyl (C=O) groups is 1. The van der Waals surface area contributed by atoms with E-state index >= 15 is 0 Å². The number of benzene rings is 1. The van der Waals surface area contributed by atoms with Crippen LogP contribution < -0.4 is 10.6 Å². The predicted octanol–water partition coefficient (Wildman–Crippen LogP) is 1.63. The molecule has 0 saturated heterocycles. The average molecular weight is 266 g/mol. The van der Waals surface area contributed by atoms with E-state index in [9.17, 15) is 4.79 Å². The molecule has 0 aliphatic heterocycles. The van der Waals surface area contributed by atoms with Gasteiger partial charge in [-0.15, -0.1) is 0 Å². The van der Waals surface area contributed by atoms with Gasteiger partial charge in [-0.2, -0.15) is 0 Å². The number of nitrogens with two attached hydrogens (primary N) is 1. The molecule has 0 unspecified atom stereocenters. The van der Waals surface area contributed by atoms with Gasteiger partial charge in [-0.1, -0.05) is 12.2 Å². The number of hydrogen-bond donors (Lipinski definition) is 1. The van der Waals surface area contributed by atoms with Crippen LogP contribution in [-0.4, -0.2) is 31.2 Å². The Labute approximate surface area is 113 Å². The fourth-order valence-corrected chi connectivity index (χ4v) is 1.88. The van der Waals surface area contributed by atoms with E-state index in [0.29, 0.717) is 4.99 Å². The fraction of sp³-hybridized carbons (Fsp3) is 0.385. The molecular weight excluding hydrogens is 248 g/mol. The van der Waals surface area contributed by atoms with Crippen molar-refractivity contribution in [1.82, 2.24) is 0 Å². The van der Waals surface area contributed by atoms with Crippen LogP contribution in [0.2, 0.25) is 0 Å². The maximum atomic E-state index is 11.3. The van der Waals surface area contributed by atoms with E-state index in [4.69, 9.17) is 18.0 Å². The molecule has 0 heterocycles. The zero-order valence-corrected chi connectivity index (χ0v) is 11.7. The summed E-state index contributed by atoms with van der Waals surface area (Å²) in [5.41, 5.74) is 8.44. The molecular formula is C13H18N2O2S. The van der Waals surface area contributed by atoms with Crippen LogP contribution in [0.3, 0.4) is 0 Å². The largest absolute Gasteiger partial charge is 0.468 e. The molecule has 0 fully saturated rings. The summed E-state index contributed by atoms with van der Waals surface area (Å²) in [4.78, 5) is 13.7. The molecule has 0 spiro atoms. The Bertz CT molecular complexity index is 460. The van der Waals surface area contributed by atoms with Gasteiger partial charge in [-0.05, 0) is 37.6 Å². The molecule has 1 aromatic carbocycles. The second-order valence-corrected chi connectivity index (χ2v) is 4.40. The molecule has 1 rings (SSSR count). The van der Waals surface area contributed by atoms with Crippen molar-refractivity contribution < 1.29 is 9.53 Å². The van der Waals surface area contributed by atoms with Crippen LogP contribution in [0.25, 0.3) is 0 Å². The number of ether oxygens (including phenoxy) is 1. The van der Waals surface area contributed by atoms with Gasteiger partial charge in [0.25, 0.3) is 0 Å². The number of thiocarbonyl (C=S) groups is 1. The first kappa shape index (κ1) is 14.4. The van der Waals surface area contributed by atoms with Crippen molar-refractivity contribution in [2.45, 2.75) is 13.8 Å². The first-order valence-corrected chi connectivity index (χ1v) is 6.12. The summed E-state index contributed by atoms with van der Waals surface area (Å²) in [6, 6.07) is 5.72. The highest BCUT2D eigenvalue weighted by Crippen LogP contribution is 2.21. The molecule has 0 aliphatic rings. The van der Waals surface area contributed by atoms with E-state index in [1.807, 2.05) is 36.9 Å². The van der Waals surface area contributed by atoms with E-state index in [2.05, 4.69) is 4.74 Å². The van der Waals surface area contributed by atoms with Crippen LogP contribution in [-0.2, 0) is 9.53 Å². The summed E-state index contributed by atoms with van der Waals surface area (Å²) < 4.78 is 4.68. The highest BCUT2D eigenvalue weighted by atomic mass is 32.1. The molecule has 18 heavy (non-hydrogen) atoms. The van der Waals surface area contributed by atoms with Gasteiger partial charge < -0.3 is 15.4 Å². The summed E-state index contributed by atoms with van der Waals surface area (Å²) in [6.45, 7) is 4.92. The van der Waals surface area contributed by atoms with Crippen molar-refractivity contribution in [2.75, 3.05) is 25.1 Å². The van der Waals surface area contributed by atoms with E-state index < -0.39 is 0 Å². The van der Waals surface area contributed by atoms with Crippen LogP contribution in [0.15, 0.2) is 18.2 Å². The predicted molar refractivity (Wildman–Crippen MR) is 77.0 cm³/mol. The number of likely N-dealkylation sites (N-methyl/N-ethyl adjacent to an activating group) is 1. The maximum Gasteiger partial charge on any atom is 0.325 e. The van der Waals surface area contributed by atoms with Crippen molar-refractivity contribution in [2.24, 2.45) is 5.73 Å². The molecule has 0 aliphatic carbocycles. The van der Waals surface area contributed by atoms with Crippen LogP contribution in [0.4, 0.5) is 5.69 Å². The van der Waals surface area contributed by atoms with Crippen molar-refractivity contribution in [1.29, 1.82) is 0 Å². The zero-order valence-electron chi connectivity index (χ0n) is 10.9. The van der Waals surface area contributed by atoms with Gasteiger partial charge in [0.1, 0.15) is 11.5 Å². The topological polar surface area (TPSA) is 55.6 Å². The number of rotatable bonds is 5. The van der Waals surface area contributed by atoms with Gasteiger partial charge in [0.05, 0.1) is 7.11 Å². The molecule has 5 heteroatoms. The van der Waals surface area contributed by atoms with E-state index in [0.717, 1.165) is 23.4 Å². The first-order valence-electron chi connectivity index (χ1n) is 5.71. The number of hydrogen-bond acceptors (Lipinski definition) is 4. The third-order valence-corrected chi connectivity index (χ3v) is 2.99. The number of methoxy groups -OCH3 is 1. The van der Waals surface area contributed by atoms with Gasteiger partial charge >= 0.3 is 5.97 Å². The van der Waals surface area contributed by atoms with Crippen molar-refractivity contribution in [3.05, 3.63) is 29.3 Å². The summed E-state index contributed by atoms with van der Waals surface area (Å²) in [7, 11) is 1.39. The Balaban J connectivity index is 3.00. The average Bonchev–Trinajstić information content (AvgIpc) is 2.35. The Morgan fingerprint density at radius 1 is 1.50 bits per heavy atom. The maximum absolute atomic E-state index is 11.3. The number of carbonyl (C=O) groups excluding carboxylic acids is 1. The van der Waals surface area contributed by atoms with Gasteiger partial charge in [-0.3, -0.25) is 4.79 Å². The SMILES string of the molecule is CCN(CC(=O)OC)c1ccc(C(N)=S)cc1C. The summed E-state index contributed by atoms with van der Waals surface area (Å²) in [5.74, 6) is -0.255. The van der Waals surface area contributed by atoms with Crippen LogP contribution in [0.5, 0.6) is 0 Å². The van der Waals surface area contributed by atoms with Crippen molar-refractivity contribution >= 4 is 28.9 Å². The molecule has 0 aromatic heterocycles. The lowest BCUT2D eigenvalue weighted by molar-refractivity contribution is -0.138. The third kappa shape index (κ3) is 3.43. The third-order valence-electron chi connectivity index (χ3n) is 2.75. The van der Waals surface area contributed by atoms with Crippen LogP contribution >= 0.6 is 12.2 Å². The van der Waals surface area contributed by atoms with E-state index in [1.165, 1.54) is 7.11 Å². The quantitative estimate of drug-likeness (QED) is 0.648. The normalized spacial score (nSPS) is 9.94. The Kier molecular flexibility index (Phi) is 5.09. The van der Waals surface area contributed by atoms with Crippen molar-refractivity contribution in [3.63, 3.8) is 0 Å². The molecule has 0 atom stereocenters. The minimum absolute atomic E-state index is 0.236. The van der Waals surface area contributed by atoms with Crippen LogP contribution in [0.1, 0.15) is 18.1 Å². The molecule has 0 amide bonds. The second kappa shape index (κ2) is 6.35. The first-order chi connectivity index (χ1) is 8.49. The summed E-state index contributed by atoms with van der Waals surface area (Å²) >= 11 is 4.94. The van der Waals surface area contributed by atoms with E-state index in [-0.39, 0.29) is 12.5 Å². The number of nitrogens with zero attached hydrogens (tertiary/aromatic N) is 1. The monoisotopic (exact) mass is 266 g/mol. The zero-order chi connectivity index (χ0) is 13.7. The Morgan fingerprint density at radius 2 is 2.17 bits per heavy atom. The van der Waals surface area contributed by atoms with Gasteiger partial charge in [0.2, 0.25) is 0 Å². The number of anilines is 1. The molecule has 0 saturated carbocycles. The number of esters is 1. The van der Waals surface area contributed by atoms with Crippen molar-refractivity contribution in [3.8, 4) is 0 Å². The lowest BCUT2D eigenvalue weighted by Crippen LogP contribution is -2.30. The second-order valence-electron chi connectivity index (χ2n) is 3.96. The molecule has 98 valence electrons. The molecule has 1 aromatic rings. The highest BCUT2D eigenvalue weighted by Gasteiger charge is 2.12. The lowest BCUT2D eigenvalue weighted by Gasteiger charge is -2.24. The summed E-state index contributed by atoms with van der Waals surface area (Å²) in [5, 5.41) is 0. The minimum atomic E-state index is -0.255. The fourth-order valence-electron chi connectivity index (χ4n) is 1.75. The Morgan fingerprint density at radius 3 is 2.61 bits per heavy atom. The van der Waals surface area contributed by atoms with Crippen LogP contribution in [0, 0.1) is 6.92 Å². The highest BCUT2D eigenvalue weighted by molar-refractivity contribution is 7.80. The van der Waals surface area contributed by atoms with E-state index in [1.54, 1.807) is 0 Å². The standard InChI is InChI=1S/C13H18N2O2S/c1-4-15(8-12(16)17-3)11-6-5-10(13(14)18)7-9(11)2/h5-7H,4,8H2,1-3H3,(H2,14,18). The van der Waals surface area contributed by atoms with Gasteiger partial charge in [0, 0.05) is 17.8 Å². The molecule has 0 bridgehead atoms.